The van der Waals surface area contributed by atoms with E-state index in [1.165, 1.54) is 6.92 Å². The maximum Gasteiger partial charge on any atom is 0.302 e. The van der Waals surface area contributed by atoms with Crippen LogP contribution in [-0.4, -0.2) is 32.6 Å². The minimum atomic E-state index is -0.657. The molecule has 0 N–H and O–H groups in total. The zero-order valence-electron chi connectivity index (χ0n) is 8.05. The maximum absolute atomic E-state index is 10.4. The number of esters is 1. The third-order valence-corrected chi connectivity index (χ3v) is 1.73. The van der Waals surface area contributed by atoms with E-state index in [0.717, 1.165) is 0 Å². The minimum Gasteiger partial charge on any atom is -0.466 e. The molecule has 0 bridgehead atoms. The van der Waals surface area contributed by atoms with Gasteiger partial charge in [-0.05, 0) is 6.92 Å². The third-order valence-electron chi connectivity index (χ3n) is 1.73. The van der Waals surface area contributed by atoms with E-state index in [4.69, 9.17) is 14.2 Å². The van der Waals surface area contributed by atoms with Gasteiger partial charge in [-0.1, -0.05) is 0 Å². The monoisotopic (exact) mass is 176 g/mol. The van der Waals surface area contributed by atoms with Crippen molar-refractivity contribution in [2.45, 2.75) is 26.1 Å². The third kappa shape index (κ3) is 4.31. The molecule has 0 unspecified atom stereocenters. The summed E-state index contributed by atoms with van der Waals surface area (Å²) in [6.45, 7) is 3.47. The molecular formula is C8H16O4. The lowest BCUT2D eigenvalue weighted by atomic mass is 10.2. The molecule has 0 amide bonds. The molecule has 0 spiro atoms. The lowest BCUT2D eigenvalue weighted by Crippen LogP contribution is -2.31. The van der Waals surface area contributed by atoms with Crippen LogP contribution in [0.1, 0.15) is 20.3 Å². The van der Waals surface area contributed by atoms with Crippen LogP contribution in [0.15, 0.2) is 0 Å². The Morgan fingerprint density at radius 2 is 1.83 bits per heavy atom. The van der Waals surface area contributed by atoms with Gasteiger partial charge in [0.2, 0.25) is 0 Å². The summed E-state index contributed by atoms with van der Waals surface area (Å²) >= 11 is 0. The van der Waals surface area contributed by atoms with Gasteiger partial charge in [-0.15, -0.1) is 0 Å². The van der Waals surface area contributed by atoms with Crippen LogP contribution in [0.25, 0.3) is 0 Å². The molecule has 4 nitrogen and oxygen atoms in total. The van der Waals surface area contributed by atoms with Crippen LogP contribution in [0, 0.1) is 0 Å². The number of hydrogen-bond acceptors (Lipinski definition) is 4. The molecule has 72 valence electrons. The smallest absolute Gasteiger partial charge is 0.302 e. The number of carbonyl (C=O) groups excluding carboxylic acids is 1. The molecule has 0 heterocycles. The largest absolute Gasteiger partial charge is 0.466 e. The van der Waals surface area contributed by atoms with Gasteiger partial charge in [0, 0.05) is 27.6 Å². The Bertz CT molecular complexity index is 140. The first-order valence-corrected chi connectivity index (χ1v) is 3.78. The van der Waals surface area contributed by atoms with Crippen LogP contribution in [0.4, 0.5) is 0 Å². The summed E-state index contributed by atoms with van der Waals surface area (Å²) in [5.74, 6) is -0.945. The Labute approximate surface area is 72.8 Å². The molecule has 0 atom stereocenters. The number of methoxy groups -OCH3 is 2. The number of rotatable bonds is 5. The summed E-state index contributed by atoms with van der Waals surface area (Å²) in [7, 11) is 3.11. The van der Waals surface area contributed by atoms with E-state index in [0.29, 0.717) is 13.0 Å². The minimum absolute atomic E-state index is 0.287. The van der Waals surface area contributed by atoms with Crippen LogP contribution < -0.4 is 0 Å². The lowest BCUT2D eigenvalue weighted by molar-refractivity contribution is -0.203. The van der Waals surface area contributed by atoms with Gasteiger partial charge < -0.3 is 14.2 Å². The number of carbonyl (C=O) groups is 1. The van der Waals surface area contributed by atoms with Crippen molar-refractivity contribution in [2.24, 2.45) is 0 Å². The average Bonchev–Trinajstić information content (AvgIpc) is 2.03. The Balaban J connectivity index is 3.65. The van der Waals surface area contributed by atoms with Crippen LogP contribution in [0.2, 0.25) is 0 Å². The van der Waals surface area contributed by atoms with Crippen molar-refractivity contribution < 1.29 is 19.0 Å². The summed E-state index contributed by atoms with van der Waals surface area (Å²) in [6, 6.07) is 0. The fourth-order valence-electron chi connectivity index (χ4n) is 0.668. The average molecular weight is 176 g/mol. The van der Waals surface area contributed by atoms with Crippen molar-refractivity contribution >= 4 is 5.97 Å². The standard InChI is InChI=1S/C8H16O4/c1-7(9)12-6-5-8(2,10-3)11-4/h5-6H2,1-4H3. The van der Waals surface area contributed by atoms with Gasteiger partial charge >= 0.3 is 5.97 Å². The molecule has 0 aliphatic carbocycles. The zero-order valence-corrected chi connectivity index (χ0v) is 8.05. The van der Waals surface area contributed by atoms with Crippen LogP contribution in [0.5, 0.6) is 0 Å². The highest BCUT2D eigenvalue weighted by Gasteiger charge is 2.22. The van der Waals surface area contributed by atoms with Crippen molar-refractivity contribution in [2.75, 3.05) is 20.8 Å². The van der Waals surface area contributed by atoms with Crippen molar-refractivity contribution in [1.82, 2.24) is 0 Å². The van der Waals surface area contributed by atoms with Gasteiger partial charge in [-0.2, -0.15) is 0 Å². The predicted octanol–water partition coefficient (Wildman–Crippen LogP) is 0.949. The second-order valence-corrected chi connectivity index (χ2v) is 2.63. The molecule has 12 heavy (non-hydrogen) atoms. The molecule has 0 aromatic heterocycles. The van der Waals surface area contributed by atoms with E-state index in [2.05, 4.69) is 0 Å². The van der Waals surface area contributed by atoms with Gasteiger partial charge in [-0.3, -0.25) is 4.79 Å². The van der Waals surface area contributed by atoms with Crippen LogP contribution in [-0.2, 0) is 19.0 Å². The highest BCUT2D eigenvalue weighted by atomic mass is 16.7. The molecule has 0 fully saturated rings. The predicted molar refractivity (Wildman–Crippen MR) is 43.7 cm³/mol. The molecular weight excluding hydrogens is 160 g/mol. The van der Waals surface area contributed by atoms with Gasteiger partial charge in [0.25, 0.3) is 0 Å². The Morgan fingerprint density at radius 1 is 1.33 bits per heavy atom. The summed E-state index contributed by atoms with van der Waals surface area (Å²) < 4.78 is 14.9. The van der Waals surface area contributed by atoms with Crippen LogP contribution in [0.3, 0.4) is 0 Å². The number of ether oxygens (including phenoxy) is 3. The quantitative estimate of drug-likeness (QED) is 0.462. The van der Waals surface area contributed by atoms with Crippen molar-refractivity contribution in [3.8, 4) is 0 Å². The Morgan fingerprint density at radius 3 is 2.17 bits per heavy atom. The summed E-state index contributed by atoms with van der Waals surface area (Å²) in [5, 5.41) is 0. The van der Waals surface area contributed by atoms with E-state index >= 15 is 0 Å². The first-order valence-electron chi connectivity index (χ1n) is 3.78. The highest BCUT2D eigenvalue weighted by molar-refractivity contribution is 5.65. The molecule has 0 saturated heterocycles. The molecule has 0 radical (unpaired) electrons. The molecule has 0 aliphatic heterocycles. The Hall–Kier alpha value is -0.610. The first-order chi connectivity index (χ1) is 5.54. The fourth-order valence-corrected chi connectivity index (χ4v) is 0.668. The van der Waals surface area contributed by atoms with E-state index in [1.807, 2.05) is 0 Å². The van der Waals surface area contributed by atoms with E-state index < -0.39 is 5.79 Å². The normalized spacial score (nSPS) is 11.3. The van der Waals surface area contributed by atoms with E-state index in [9.17, 15) is 4.79 Å². The summed E-state index contributed by atoms with van der Waals surface area (Å²) in [6.07, 6.45) is 0.527. The molecule has 4 heteroatoms. The van der Waals surface area contributed by atoms with Crippen molar-refractivity contribution in [3.63, 3.8) is 0 Å². The molecule has 0 rings (SSSR count). The lowest BCUT2D eigenvalue weighted by Gasteiger charge is -2.25. The summed E-state index contributed by atoms with van der Waals surface area (Å²) in [4.78, 5) is 10.4. The fraction of sp³-hybridized carbons (Fsp3) is 0.875. The Kier molecular flexibility index (Phi) is 4.85. The zero-order chi connectivity index (χ0) is 9.61. The molecule has 0 aromatic carbocycles. The summed E-state index contributed by atoms with van der Waals surface area (Å²) in [5.41, 5.74) is 0. The van der Waals surface area contributed by atoms with Crippen LogP contribution >= 0.6 is 0 Å². The molecule has 0 aliphatic rings. The van der Waals surface area contributed by atoms with Crippen molar-refractivity contribution in [1.29, 1.82) is 0 Å². The van der Waals surface area contributed by atoms with E-state index in [1.54, 1.807) is 21.1 Å². The van der Waals surface area contributed by atoms with Gasteiger partial charge in [0.1, 0.15) is 0 Å². The van der Waals surface area contributed by atoms with Gasteiger partial charge in [0.15, 0.2) is 5.79 Å². The second kappa shape index (κ2) is 5.11. The maximum atomic E-state index is 10.4. The van der Waals surface area contributed by atoms with Gasteiger partial charge in [0.05, 0.1) is 6.61 Å². The molecule has 0 saturated carbocycles. The first kappa shape index (κ1) is 11.4. The topological polar surface area (TPSA) is 44.8 Å². The number of hydrogen-bond donors (Lipinski definition) is 0. The SMILES string of the molecule is COC(C)(CCOC(C)=O)OC. The van der Waals surface area contributed by atoms with Crippen molar-refractivity contribution in [3.05, 3.63) is 0 Å². The molecule has 0 aromatic rings. The second-order valence-electron chi connectivity index (χ2n) is 2.63. The van der Waals surface area contributed by atoms with Gasteiger partial charge in [-0.25, -0.2) is 0 Å². The van der Waals surface area contributed by atoms with E-state index in [-0.39, 0.29) is 5.97 Å². The highest BCUT2D eigenvalue weighted by Crippen LogP contribution is 2.14.